The molecule has 2 aromatic rings. The van der Waals surface area contributed by atoms with Gasteiger partial charge in [0.05, 0.1) is 12.2 Å². The van der Waals surface area contributed by atoms with E-state index in [-0.39, 0.29) is 6.54 Å². The molecule has 0 fully saturated rings. The second-order valence-electron chi connectivity index (χ2n) is 3.93. The third-order valence-electron chi connectivity index (χ3n) is 2.60. The highest BCUT2D eigenvalue weighted by Crippen LogP contribution is 2.16. The Labute approximate surface area is 115 Å². The molecular formula is C14H14N2O2S. The fourth-order valence-electron chi connectivity index (χ4n) is 1.57. The number of aromatic nitrogens is 1. The van der Waals surface area contributed by atoms with Gasteiger partial charge in [-0.05, 0) is 24.1 Å². The van der Waals surface area contributed by atoms with E-state index < -0.39 is 0 Å². The highest BCUT2D eigenvalue weighted by atomic mass is 32.1. The van der Waals surface area contributed by atoms with Crippen molar-refractivity contribution in [1.82, 2.24) is 4.98 Å². The molecule has 5 heteroatoms. The minimum Gasteiger partial charge on any atom is -0.486 e. The summed E-state index contributed by atoms with van der Waals surface area (Å²) in [4.78, 5) is 17.8. The van der Waals surface area contributed by atoms with Crippen molar-refractivity contribution in [3.63, 3.8) is 0 Å². The van der Waals surface area contributed by atoms with Crippen LogP contribution >= 0.6 is 11.3 Å². The summed E-state index contributed by atoms with van der Waals surface area (Å²) in [5.74, 6) is 0.833. The summed E-state index contributed by atoms with van der Waals surface area (Å²) >= 11 is 1.50. The first-order chi connectivity index (χ1) is 9.31. The molecule has 1 aromatic carbocycles. The van der Waals surface area contributed by atoms with Crippen LogP contribution in [0.1, 0.15) is 23.2 Å². The molecule has 0 saturated carbocycles. The zero-order valence-corrected chi connectivity index (χ0v) is 11.4. The number of ether oxygens (including phenoxy) is 1. The molecule has 0 spiro atoms. The number of carbonyl (C=O) groups excluding carboxylic acids is 1. The van der Waals surface area contributed by atoms with Crippen molar-refractivity contribution in [2.24, 2.45) is 4.99 Å². The Kier molecular flexibility index (Phi) is 4.84. The fourth-order valence-corrected chi connectivity index (χ4v) is 2.26. The van der Waals surface area contributed by atoms with Crippen LogP contribution < -0.4 is 4.74 Å². The molecule has 0 atom stereocenters. The van der Waals surface area contributed by atoms with Crippen LogP contribution in [0.5, 0.6) is 5.75 Å². The molecule has 0 saturated heterocycles. The molecule has 98 valence electrons. The van der Waals surface area contributed by atoms with Gasteiger partial charge in [0.1, 0.15) is 17.4 Å². The Morgan fingerprint density at radius 3 is 2.84 bits per heavy atom. The zero-order valence-electron chi connectivity index (χ0n) is 10.6. The number of aryl methyl sites for hydroxylation is 1. The van der Waals surface area contributed by atoms with Crippen molar-refractivity contribution in [2.45, 2.75) is 26.5 Å². The van der Waals surface area contributed by atoms with E-state index in [4.69, 9.17) is 4.74 Å². The SMILES string of the molecule is CCc1ccc(OCc2nc(CN=C=O)cs2)cc1. The number of thiazole rings is 1. The molecule has 0 amide bonds. The maximum atomic E-state index is 10.0. The second-order valence-corrected chi connectivity index (χ2v) is 4.87. The Balaban J connectivity index is 1.90. The van der Waals surface area contributed by atoms with Crippen LogP contribution in [0.25, 0.3) is 0 Å². The van der Waals surface area contributed by atoms with Gasteiger partial charge in [-0.25, -0.2) is 9.78 Å². The molecule has 0 unspecified atom stereocenters. The van der Waals surface area contributed by atoms with E-state index in [2.05, 4.69) is 29.0 Å². The van der Waals surface area contributed by atoms with E-state index in [1.54, 1.807) is 0 Å². The topological polar surface area (TPSA) is 51.6 Å². The predicted molar refractivity (Wildman–Crippen MR) is 74.1 cm³/mol. The molecule has 0 bridgehead atoms. The number of rotatable bonds is 6. The molecule has 0 aliphatic rings. The first kappa shape index (κ1) is 13.5. The van der Waals surface area contributed by atoms with Crippen LogP contribution in [0, 0.1) is 0 Å². The average Bonchev–Trinajstić information content (AvgIpc) is 2.91. The summed E-state index contributed by atoms with van der Waals surface area (Å²) < 4.78 is 5.65. The Bertz CT molecular complexity index is 571. The summed E-state index contributed by atoms with van der Waals surface area (Å²) in [5, 5.41) is 2.75. The van der Waals surface area contributed by atoms with E-state index in [0.717, 1.165) is 22.9 Å². The molecule has 4 nitrogen and oxygen atoms in total. The maximum Gasteiger partial charge on any atom is 0.235 e. The van der Waals surface area contributed by atoms with Crippen LogP contribution in [-0.2, 0) is 24.4 Å². The van der Waals surface area contributed by atoms with Crippen LogP contribution in [-0.4, -0.2) is 11.1 Å². The minimum atomic E-state index is 0.283. The highest BCUT2D eigenvalue weighted by molar-refractivity contribution is 7.09. The van der Waals surface area contributed by atoms with Crippen molar-refractivity contribution in [2.75, 3.05) is 0 Å². The van der Waals surface area contributed by atoms with Crippen molar-refractivity contribution in [1.29, 1.82) is 0 Å². The van der Waals surface area contributed by atoms with Gasteiger partial charge in [-0.3, -0.25) is 0 Å². The summed E-state index contributed by atoms with van der Waals surface area (Å²) in [5.41, 5.74) is 2.06. The monoisotopic (exact) mass is 274 g/mol. The lowest BCUT2D eigenvalue weighted by Gasteiger charge is -2.04. The molecule has 0 aliphatic carbocycles. The van der Waals surface area contributed by atoms with Crippen molar-refractivity contribution in [3.8, 4) is 5.75 Å². The number of hydrogen-bond donors (Lipinski definition) is 0. The number of isocyanates is 1. The van der Waals surface area contributed by atoms with Crippen LogP contribution in [0.4, 0.5) is 0 Å². The zero-order chi connectivity index (χ0) is 13.5. The molecule has 0 radical (unpaired) electrons. The average molecular weight is 274 g/mol. The van der Waals surface area contributed by atoms with Crippen LogP contribution in [0.2, 0.25) is 0 Å². The van der Waals surface area contributed by atoms with E-state index in [1.165, 1.54) is 23.0 Å². The lowest BCUT2D eigenvalue weighted by atomic mass is 10.2. The number of hydrogen-bond acceptors (Lipinski definition) is 5. The Hall–Kier alpha value is -1.97. The van der Waals surface area contributed by atoms with Crippen LogP contribution in [0.15, 0.2) is 34.6 Å². The molecule has 0 aliphatic heterocycles. The standard InChI is InChI=1S/C14H14N2O2S/c1-2-11-3-5-13(6-4-11)18-8-14-16-12(9-19-14)7-15-10-17/h3-6,9H,2,7-8H2,1H3. The second kappa shape index (κ2) is 6.83. The first-order valence-electron chi connectivity index (χ1n) is 6.00. The van der Waals surface area contributed by atoms with Crippen molar-refractivity contribution in [3.05, 3.63) is 45.9 Å². The van der Waals surface area contributed by atoms with Crippen LogP contribution in [0.3, 0.4) is 0 Å². The van der Waals surface area contributed by atoms with Crippen molar-refractivity contribution >= 4 is 17.4 Å². The van der Waals surface area contributed by atoms with E-state index in [9.17, 15) is 4.79 Å². The van der Waals surface area contributed by atoms with Gasteiger partial charge in [0.15, 0.2) is 0 Å². The summed E-state index contributed by atoms with van der Waals surface area (Å²) in [7, 11) is 0. The third kappa shape index (κ3) is 4.02. The number of nitrogens with zero attached hydrogens (tertiary/aromatic N) is 2. The van der Waals surface area contributed by atoms with E-state index in [0.29, 0.717) is 6.61 Å². The molecule has 2 rings (SSSR count). The summed E-state index contributed by atoms with van der Waals surface area (Å²) in [6.07, 6.45) is 2.52. The summed E-state index contributed by atoms with van der Waals surface area (Å²) in [6.45, 7) is 2.83. The lowest BCUT2D eigenvalue weighted by molar-refractivity contribution is 0.305. The number of benzene rings is 1. The van der Waals surface area contributed by atoms with Gasteiger partial charge in [0, 0.05) is 5.38 Å². The smallest absolute Gasteiger partial charge is 0.235 e. The maximum absolute atomic E-state index is 10.0. The van der Waals surface area contributed by atoms with Gasteiger partial charge in [-0.1, -0.05) is 19.1 Å². The van der Waals surface area contributed by atoms with Crippen molar-refractivity contribution < 1.29 is 9.53 Å². The van der Waals surface area contributed by atoms with Gasteiger partial charge in [0.2, 0.25) is 6.08 Å². The molecule has 1 heterocycles. The summed E-state index contributed by atoms with van der Waals surface area (Å²) in [6, 6.07) is 8.04. The van der Waals surface area contributed by atoms with Gasteiger partial charge in [-0.15, -0.1) is 11.3 Å². The molecule has 1 aromatic heterocycles. The number of aliphatic imine (C=N–C) groups is 1. The Morgan fingerprint density at radius 1 is 1.37 bits per heavy atom. The highest BCUT2D eigenvalue weighted by Gasteiger charge is 2.02. The first-order valence-corrected chi connectivity index (χ1v) is 6.88. The van der Waals surface area contributed by atoms with Gasteiger partial charge in [-0.2, -0.15) is 4.99 Å². The van der Waals surface area contributed by atoms with E-state index >= 15 is 0 Å². The molecule has 19 heavy (non-hydrogen) atoms. The van der Waals surface area contributed by atoms with Gasteiger partial charge < -0.3 is 4.74 Å². The predicted octanol–water partition coefficient (Wildman–Crippen LogP) is 3.12. The molecule has 0 N–H and O–H groups in total. The third-order valence-corrected chi connectivity index (χ3v) is 3.47. The van der Waals surface area contributed by atoms with Gasteiger partial charge in [0.25, 0.3) is 0 Å². The molecular weight excluding hydrogens is 260 g/mol. The fraction of sp³-hybridized carbons (Fsp3) is 0.286. The van der Waals surface area contributed by atoms with E-state index in [1.807, 2.05) is 17.5 Å². The lowest BCUT2D eigenvalue weighted by Crippen LogP contribution is -1.95. The minimum absolute atomic E-state index is 0.283. The largest absolute Gasteiger partial charge is 0.486 e. The Morgan fingerprint density at radius 2 is 2.16 bits per heavy atom. The normalized spacial score (nSPS) is 9.95. The van der Waals surface area contributed by atoms with Gasteiger partial charge >= 0.3 is 0 Å². The quantitative estimate of drug-likeness (QED) is 0.600.